The first-order valence-corrected chi connectivity index (χ1v) is 9.18. The van der Waals surface area contributed by atoms with Crippen molar-refractivity contribution in [2.45, 2.75) is 39.5 Å². The Balaban J connectivity index is 2.09. The SMILES string of the molecule is CC(C)c1ccc(OP(=O)(O)Oc2cccc(C(C)C)c2)cc1. The van der Waals surface area contributed by atoms with Crippen LogP contribution in [0.2, 0.25) is 0 Å². The fourth-order valence-electron chi connectivity index (χ4n) is 2.13. The summed E-state index contributed by atoms with van der Waals surface area (Å²) in [5.74, 6) is 1.32. The standard InChI is InChI=1S/C18H23O4P/c1-13(2)15-8-10-17(11-9-15)21-23(19,20)22-18-7-5-6-16(12-18)14(3)4/h5-14H,1-4H3,(H,19,20). The summed E-state index contributed by atoms with van der Waals surface area (Å²) in [6.07, 6.45) is 0. The zero-order valence-electron chi connectivity index (χ0n) is 13.9. The molecule has 0 radical (unpaired) electrons. The van der Waals surface area contributed by atoms with Crippen LogP contribution in [-0.4, -0.2) is 4.89 Å². The molecule has 124 valence electrons. The molecule has 1 unspecified atom stereocenters. The molecule has 1 atom stereocenters. The predicted octanol–water partition coefficient (Wildman–Crippen LogP) is 5.49. The predicted molar refractivity (Wildman–Crippen MR) is 92.1 cm³/mol. The Kier molecular flexibility index (Phi) is 5.51. The van der Waals surface area contributed by atoms with Crippen LogP contribution in [0.5, 0.6) is 11.5 Å². The first kappa shape index (κ1) is 17.6. The Bertz CT molecular complexity index is 692. The maximum atomic E-state index is 12.2. The number of hydrogen-bond acceptors (Lipinski definition) is 3. The Morgan fingerprint density at radius 2 is 1.39 bits per heavy atom. The maximum absolute atomic E-state index is 12.2. The molecule has 0 aliphatic carbocycles. The van der Waals surface area contributed by atoms with Crippen LogP contribution in [0.3, 0.4) is 0 Å². The minimum Gasteiger partial charge on any atom is -0.395 e. The van der Waals surface area contributed by atoms with E-state index in [1.54, 1.807) is 30.3 Å². The van der Waals surface area contributed by atoms with Crippen molar-refractivity contribution < 1.29 is 18.5 Å². The monoisotopic (exact) mass is 334 g/mol. The molecule has 0 saturated carbocycles. The van der Waals surface area contributed by atoms with Gasteiger partial charge >= 0.3 is 7.82 Å². The number of rotatable bonds is 6. The number of hydrogen-bond donors (Lipinski definition) is 1. The van der Waals surface area contributed by atoms with Crippen LogP contribution in [0.15, 0.2) is 48.5 Å². The van der Waals surface area contributed by atoms with E-state index in [1.807, 2.05) is 32.0 Å². The van der Waals surface area contributed by atoms with E-state index in [9.17, 15) is 9.46 Å². The van der Waals surface area contributed by atoms with Crippen molar-refractivity contribution in [1.29, 1.82) is 0 Å². The first-order valence-electron chi connectivity index (χ1n) is 7.69. The van der Waals surface area contributed by atoms with Gasteiger partial charge in [0.2, 0.25) is 0 Å². The summed E-state index contributed by atoms with van der Waals surface area (Å²) in [6.45, 7) is 8.25. The van der Waals surface area contributed by atoms with Crippen LogP contribution in [-0.2, 0) is 4.57 Å². The number of phosphoric acid groups is 1. The van der Waals surface area contributed by atoms with Gasteiger partial charge in [0.25, 0.3) is 0 Å². The molecule has 0 heterocycles. The van der Waals surface area contributed by atoms with E-state index in [2.05, 4.69) is 13.8 Å². The quantitative estimate of drug-likeness (QED) is 0.710. The van der Waals surface area contributed by atoms with Crippen LogP contribution in [0.1, 0.15) is 50.7 Å². The van der Waals surface area contributed by atoms with Crippen molar-refractivity contribution in [1.82, 2.24) is 0 Å². The second kappa shape index (κ2) is 7.20. The van der Waals surface area contributed by atoms with Crippen molar-refractivity contribution in [2.75, 3.05) is 0 Å². The minimum absolute atomic E-state index is 0.306. The van der Waals surface area contributed by atoms with Crippen LogP contribution >= 0.6 is 7.82 Å². The van der Waals surface area contributed by atoms with Crippen molar-refractivity contribution in [3.8, 4) is 11.5 Å². The topological polar surface area (TPSA) is 55.8 Å². The van der Waals surface area contributed by atoms with Gasteiger partial charge in [0, 0.05) is 0 Å². The first-order chi connectivity index (χ1) is 10.8. The highest BCUT2D eigenvalue weighted by Gasteiger charge is 2.25. The lowest BCUT2D eigenvalue weighted by Gasteiger charge is -2.15. The molecular weight excluding hydrogens is 311 g/mol. The highest BCUT2D eigenvalue weighted by Crippen LogP contribution is 2.44. The van der Waals surface area contributed by atoms with Gasteiger partial charge in [-0.15, -0.1) is 0 Å². The average Bonchev–Trinajstić information content (AvgIpc) is 2.47. The van der Waals surface area contributed by atoms with Crippen molar-refractivity contribution >= 4 is 7.82 Å². The summed E-state index contributed by atoms with van der Waals surface area (Å²) in [7, 11) is -4.23. The Morgan fingerprint density at radius 1 is 0.826 bits per heavy atom. The van der Waals surface area contributed by atoms with Crippen LogP contribution < -0.4 is 9.05 Å². The lowest BCUT2D eigenvalue weighted by atomic mass is 10.0. The number of benzene rings is 2. The third-order valence-corrected chi connectivity index (χ3v) is 4.40. The molecule has 2 rings (SSSR count). The summed E-state index contributed by atoms with van der Waals surface area (Å²) >= 11 is 0. The zero-order valence-corrected chi connectivity index (χ0v) is 14.8. The minimum atomic E-state index is -4.23. The molecule has 0 saturated heterocycles. The lowest BCUT2D eigenvalue weighted by molar-refractivity contribution is 0.291. The van der Waals surface area contributed by atoms with E-state index in [0.717, 1.165) is 11.1 Å². The normalized spacial score (nSPS) is 13.9. The fraction of sp³-hybridized carbons (Fsp3) is 0.333. The third kappa shape index (κ3) is 5.12. The zero-order chi connectivity index (χ0) is 17.0. The molecule has 5 heteroatoms. The molecule has 2 aromatic carbocycles. The largest absolute Gasteiger partial charge is 0.584 e. The van der Waals surface area contributed by atoms with Gasteiger partial charge in [-0.25, -0.2) is 4.57 Å². The van der Waals surface area contributed by atoms with Gasteiger partial charge in [-0.1, -0.05) is 52.0 Å². The molecule has 0 aliphatic heterocycles. The van der Waals surface area contributed by atoms with Gasteiger partial charge in [0.1, 0.15) is 11.5 Å². The van der Waals surface area contributed by atoms with E-state index in [4.69, 9.17) is 9.05 Å². The average molecular weight is 334 g/mol. The van der Waals surface area contributed by atoms with Crippen LogP contribution in [0, 0.1) is 0 Å². The Morgan fingerprint density at radius 3 is 1.96 bits per heavy atom. The highest BCUT2D eigenvalue weighted by molar-refractivity contribution is 7.48. The van der Waals surface area contributed by atoms with E-state index >= 15 is 0 Å². The molecule has 4 nitrogen and oxygen atoms in total. The summed E-state index contributed by atoms with van der Waals surface area (Å²) in [5.41, 5.74) is 2.17. The molecule has 0 fully saturated rings. The van der Waals surface area contributed by atoms with Gasteiger partial charge in [-0.2, -0.15) is 0 Å². The summed E-state index contributed by atoms with van der Waals surface area (Å²) in [5, 5.41) is 0. The molecule has 1 N–H and O–H groups in total. The smallest absolute Gasteiger partial charge is 0.395 e. The Labute approximate surface area is 137 Å². The van der Waals surface area contributed by atoms with Gasteiger partial charge in [0.15, 0.2) is 0 Å². The second-order valence-corrected chi connectivity index (χ2v) is 7.40. The third-order valence-electron chi connectivity index (χ3n) is 3.51. The van der Waals surface area contributed by atoms with Gasteiger partial charge < -0.3 is 9.05 Å². The van der Waals surface area contributed by atoms with E-state index in [-0.39, 0.29) is 0 Å². The molecule has 0 aliphatic rings. The molecule has 0 spiro atoms. The highest BCUT2D eigenvalue weighted by atomic mass is 31.2. The van der Waals surface area contributed by atoms with Crippen LogP contribution in [0.4, 0.5) is 0 Å². The summed E-state index contributed by atoms with van der Waals surface area (Å²) < 4.78 is 22.5. The second-order valence-electron chi connectivity index (χ2n) is 6.10. The number of phosphoric ester groups is 1. The van der Waals surface area contributed by atoms with Gasteiger partial charge in [-0.3, -0.25) is 4.89 Å². The van der Waals surface area contributed by atoms with Crippen molar-refractivity contribution in [2.24, 2.45) is 0 Å². The fourth-order valence-corrected chi connectivity index (χ4v) is 2.93. The van der Waals surface area contributed by atoms with Crippen molar-refractivity contribution in [3.63, 3.8) is 0 Å². The maximum Gasteiger partial charge on any atom is 0.584 e. The molecule has 23 heavy (non-hydrogen) atoms. The molecular formula is C18H23O4P. The summed E-state index contributed by atoms with van der Waals surface area (Å²) in [4.78, 5) is 9.94. The summed E-state index contributed by atoms with van der Waals surface area (Å²) in [6, 6.07) is 14.2. The van der Waals surface area contributed by atoms with E-state index in [0.29, 0.717) is 23.3 Å². The van der Waals surface area contributed by atoms with E-state index < -0.39 is 7.82 Å². The molecule has 0 bridgehead atoms. The van der Waals surface area contributed by atoms with Crippen LogP contribution in [0.25, 0.3) is 0 Å². The Hall–Kier alpha value is -1.77. The van der Waals surface area contributed by atoms with Gasteiger partial charge in [0.05, 0.1) is 0 Å². The molecule has 2 aromatic rings. The van der Waals surface area contributed by atoms with Gasteiger partial charge in [-0.05, 0) is 47.2 Å². The lowest BCUT2D eigenvalue weighted by Crippen LogP contribution is -2.00. The molecule has 0 aromatic heterocycles. The molecule has 0 amide bonds. The van der Waals surface area contributed by atoms with E-state index in [1.165, 1.54) is 0 Å². The van der Waals surface area contributed by atoms with Crippen molar-refractivity contribution in [3.05, 3.63) is 59.7 Å².